The molecule has 0 amide bonds. The van der Waals surface area contributed by atoms with Crippen LogP contribution in [0.3, 0.4) is 0 Å². The Morgan fingerprint density at radius 3 is 1.33 bits per heavy atom. The molecule has 0 fully saturated rings. The smallest absolute Gasteiger partial charge is 0.251 e. The van der Waals surface area contributed by atoms with Crippen LogP contribution in [0.2, 0.25) is 0 Å². The molecule has 24 heavy (non-hydrogen) atoms. The summed E-state index contributed by atoms with van der Waals surface area (Å²) in [6.45, 7) is 15.4. The van der Waals surface area contributed by atoms with Gasteiger partial charge in [0, 0.05) is 13.2 Å². The van der Waals surface area contributed by atoms with Gasteiger partial charge in [-0.2, -0.15) is 0 Å². The van der Waals surface area contributed by atoms with E-state index < -0.39 is 10.3 Å². The van der Waals surface area contributed by atoms with E-state index in [0.29, 0.717) is 0 Å². The van der Waals surface area contributed by atoms with E-state index in [0.717, 1.165) is 36.3 Å². The maximum absolute atomic E-state index is 7.56. The first-order valence-electron chi connectivity index (χ1n) is 7.87. The zero-order chi connectivity index (χ0) is 20.4. The number of hydrogen-bond acceptors (Lipinski definition) is 4. The summed E-state index contributed by atoms with van der Waals surface area (Å²) in [7, 11) is 0.973. The van der Waals surface area contributed by atoms with Gasteiger partial charge in [-0.3, -0.25) is 0 Å². The number of nitrogens with two attached hydrogens (primary N) is 2. The van der Waals surface area contributed by atoms with Crippen molar-refractivity contribution in [1.29, 1.82) is 0 Å². The fourth-order valence-electron chi connectivity index (χ4n) is 0.616. The molecule has 0 radical (unpaired) electrons. The number of hydrogen-bond donors (Lipinski definition) is 4. The van der Waals surface area contributed by atoms with Gasteiger partial charge in [-0.05, 0) is 44.2 Å². The fourth-order valence-corrected chi connectivity index (χ4v) is 1.09. The average Bonchev–Trinajstić information content (AvgIpc) is 2.43. The molecule has 0 atom stereocenters. The highest BCUT2D eigenvalue weighted by Crippen LogP contribution is 1.91. The Kier molecular flexibility index (Phi) is 54.8. The second-order valence-electron chi connectivity index (χ2n) is 4.10. The molecule has 0 aromatic rings. The summed E-state index contributed by atoms with van der Waals surface area (Å²) in [4.78, 5) is 0. The molecule has 6 N–H and O–H groups in total. The maximum Gasteiger partial charge on any atom is 0.251 e. The quantitative estimate of drug-likeness (QED) is 0.232. The van der Waals surface area contributed by atoms with E-state index in [1.165, 1.54) is 6.42 Å². The van der Waals surface area contributed by atoms with Crippen LogP contribution in [0.1, 0.15) is 53.9 Å². The lowest BCUT2D eigenvalue weighted by Crippen LogP contribution is -2.17. The summed E-state index contributed by atoms with van der Waals surface area (Å²) in [6.07, 6.45) is 5.16. The van der Waals surface area contributed by atoms with Crippen LogP contribution in [0.5, 0.6) is 0 Å². The van der Waals surface area contributed by atoms with Gasteiger partial charge in [-0.15, -0.1) is 6.58 Å². The van der Waals surface area contributed by atoms with Crippen LogP contribution in [0.25, 0.3) is 0 Å². The van der Waals surface area contributed by atoms with Gasteiger partial charge >= 0.3 is 0 Å². The summed E-state index contributed by atoms with van der Waals surface area (Å²) in [5.74, 6) is 0.111. The lowest BCUT2D eigenvalue weighted by atomic mass is 10.5. The summed E-state index contributed by atoms with van der Waals surface area (Å²) < 4.78 is 10.7. The Hall–Kier alpha value is -0.743. The number of aliphatic hydroxyl groups excluding tert-OH is 2. The minimum Gasteiger partial charge on any atom is -0.487 e. The molecule has 0 saturated carbocycles. The molecule has 0 aliphatic heterocycles. The molecule has 0 aliphatic rings. The van der Waals surface area contributed by atoms with Crippen LogP contribution in [0.15, 0.2) is 12.7 Å². The van der Waals surface area contributed by atoms with Gasteiger partial charge in [0.2, 0.25) is 0 Å². The van der Waals surface area contributed by atoms with Crippen molar-refractivity contribution in [3.8, 4) is 0 Å². The Balaban J connectivity index is -0.0000000718. The van der Waals surface area contributed by atoms with Gasteiger partial charge in [-0.1, -0.05) is 40.2 Å². The van der Waals surface area contributed by atoms with Gasteiger partial charge < -0.3 is 31.2 Å². The van der Waals surface area contributed by atoms with Crippen molar-refractivity contribution in [1.82, 2.24) is 0 Å². The van der Waals surface area contributed by atoms with Crippen LogP contribution in [0.4, 0.5) is 0 Å². The van der Waals surface area contributed by atoms with Gasteiger partial charge in [0.05, 0.1) is 10.2 Å². The van der Waals surface area contributed by atoms with E-state index in [1.807, 2.05) is 6.92 Å². The molecule has 9 heteroatoms. The van der Waals surface area contributed by atoms with Crippen molar-refractivity contribution in [2.24, 2.45) is 11.5 Å². The topological polar surface area (TPSA) is 111 Å². The molecule has 0 spiro atoms. The molecule has 0 aromatic carbocycles. The molecule has 0 saturated heterocycles. The van der Waals surface area contributed by atoms with E-state index in [1.54, 1.807) is 6.08 Å². The highest BCUT2D eigenvalue weighted by atomic mass is 32.1. The van der Waals surface area contributed by atoms with Crippen LogP contribution >= 0.6 is 24.4 Å². The zero-order valence-electron chi connectivity index (χ0n) is 16.1. The average molecular weight is 403 g/mol. The predicted molar refractivity (Wildman–Crippen MR) is 117 cm³/mol. The van der Waals surface area contributed by atoms with Crippen molar-refractivity contribution >= 4 is 45.0 Å². The maximum atomic E-state index is 7.56. The third-order valence-corrected chi connectivity index (χ3v) is 1.78. The SMILES string of the molecule is C=CC.CCC.CCCOC([SiH3])OCCC.NC(O)=S.NC(O)=S. The van der Waals surface area contributed by atoms with Crippen LogP contribution in [-0.2, 0) is 9.47 Å². The van der Waals surface area contributed by atoms with Crippen molar-refractivity contribution in [3.05, 3.63) is 12.7 Å². The van der Waals surface area contributed by atoms with E-state index in [-0.39, 0.29) is 5.91 Å². The second kappa shape index (κ2) is 38.1. The molecule has 0 heterocycles. The van der Waals surface area contributed by atoms with E-state index in [4.69, 9.17) is 19.7 Å². The van der Waals surface area contributed by atoms with Crippen LogP contribution in [0, 0.1) is 0 Å². The first-order chi connectivity index (χ1) is 11.1. The third kappa shape index (κ3) is 166. The molecule has 0 aliphatic carbocycles. The number of aliphatic hydroxyl groups is 2. The highest BCUT2D eigenvalue weighted by molar-refractivity contribution is 7.80. The fraction of sp³-hybridized carbons (Fsp3) is 0.733. The van der Waals surface area contributed by atoms with Crippen molar-refractivity contribution in [3.63, 3.8) is 0 Å². The van der Waals surface area contributed by atoms with E-state index in [9.17, 15) is 0 Å². The molecule has 0 rings (SSSR count). The number of ether oxygens (including phenoxy) is 2. The third-order valence-electron chi connectivity index (χ3n) is 1.11. The minimum atomic E-state index is -0.500. The van der Waals surface area contributed by atoms with Crippen molar-refractivity contribution < 1.29 is 19.7 Å². The molecule has 6 nitrogen and oxygen atoms in total. The normalized spacial score (nSPS) is 7.92. The molecular weight excluding hydrogens is 364 g/mol. The lowest BCUT2D eigenvalue weighted by Gasteiger charge is -2.12. The monoisotopic (exact) mass is 402 g/mol. The van der Waals surface area contributed by atoms with Gasteiger partial charge in [0.25, 0.3) is 10.3 Å². The van der Waals surface area contributed by atoms with Crippen LogP contribution < -0.4 is 11.5 Å². The van der Waals surface area contributed by atoms with Crippen molar-refractivity contribution in [2.75, 3.05) is 13.2 Å². The van der Waals surface area contributed by atoms with E-state index >= 15 is 0 Å². The molecular formula is C15H38N2O4S2Si. The Labute approximate surface area is 162 Å². The minimum absolute atomic E-state index is 0.111. The zero-order valence-corrected chi connectivity index (χ0v) is 19.7. The Bertz CT molecular complexity index is 234. The van der Waals surface area contributed by atoms with Crippen LogP contribution in [-0.4, -0.2) is 49.9 Å². The Morgan fingerprint density at radius 2 is 1.21 bits per heavy atom. The molecule has 0 aromatic heterocycles. The first-order valence-corrected chi connectivity index (χ1v) is 9.84. The summed E-state index contributed by atoms with van der Waals surface area (Å²) in [5, 5.41) is 14.1. The van der Waals surface area contributed by atoms with Gasteiger partial charge in [-0.25, -0.2) is 0 Å². The van der Waals surface area contributed by atoms with Gasteiger partial charge in [0.1, 0.15) is 5.91 Å². The number of rotatable bonds is 6. The Morgan fingerprint density at radius 1 is 1.04 bits per heavy atom. The van der Waals surface area contributed by atoms with Crippen molar-refractivity contribution in [2.45, 2.75) is 59.8 Å². The summed E-state index contributed by atoms with van der Waals surface area (Å²) in [6, 6.07) is 0. The standard InChI is InChI=1S/C7H18O2Si.C3H8.C3H6.2CH3NOS/c1-3-5-8-7(10)9-6-4-2;2*1-3-2;2*2-1(3)4/h7H,3-6H2,1-2,10H3;3H2,1-2H3;3H,1H2,2H3;2*(H3,2,3,4). The molecule has 0 bridgehead atoms. The second-order valence-corrected chi connectivity index (χ2v) is 5.88. The highest BCUT2D eigenvalue weighted by Gasteiger charge is 1.97. The first kappa shape index (κ1) is 34.6. The summed E-state index contributed by atoms with van der Waals surface area (Å²) in [5.41, 5.74) is 8.80. The number of thiocarbonyl (C=S) groups is 2. The number of allylic oxidation sites excluding steroid dienone is 1. The summed E-state index contributed by atoms with van der Waals surface area (Å²) >= 11 is 7.74. The van der Waals surface area contributed by atoms with Gasteiger partial charge in [0.15, 0.2) is 0 Å². The lowest BCUT2D eigenvalue weighted by molar-refractivity contribution is -0.0878. The van der Waals surface area contributed by atoms with E-state index in [2.05, 4.69) is 70.2 Å². The largest absolute Gasteiger partial charge is 0.487 e. The molecule has 148 valence electrons. The predicted octanol–water partition coefficient (Wildman–Crippen LogP) is 2.67. The molecule has 0 unspecified atom stereocenters.